The van der Waals surface area contributed by atoms with E-state index in [0.717, 1.165) is 22.3 Å². The number of aromatic nitrogens is 2. The molecule has 2 aromatic rings. The highest BCUT2D eigenvalue weighted by Crippen LogP contribution is 2.29. The topological polar surface area (TPSA) is 71.4 Å². The zero-order chi connectivity index (χ0) is 19.0. The van der Waals surface area contributed by atoms with Crippen molar-refractivity contribution in [2.75, 3.05) is 20.2 Å². The smallest absolute Gasteiger partial charge is 0.434 e. The second-order valence-corrected chi connectivity index (χ2v) is 6.15. The molecule has 0 atom stereocenters. The van der Waals surface area contributed by atoms with Crippen molar-refractivity contribution in [3.05, 3.63) is 40.0 Å². The van der Waals surface area contributed by atoms with Gasteiger partial charge in [-0.15, -0.1) is 11.3 Å². The average Bonchev–Trinajstić information content (AvgIpc) is 3.09. The van der Waals surface area contributed by atoms with Crippen LogP contribution >= 0.6 is 11.3 Å². The zero-order valence-corrected chi connectivity index (χ0v) is 15.2. The Kier molecular flexibility index (Phi) is 7.19. The Morgan fingerprint density at radius 1 is 1.31 bits per heavy atom. The predicted molar refractivity (Wildman–Crippen MR) is 94.4 cm³/mol. The minimum atomic E-state index is -4.40. The Morgan fingerprint density at radius 2 is 2.12 bits per heavy atom. The summed E-state index contributed by atoms with van der Waals surface area (Å²) in [6.45, 7) is 3.45. The van der Waals surface area contributed by atoms with E-state index in [4.69, 9.17) is 4.74 Å². The lowest BCUT2D eigenvalue weighted by molar-refractivity contribution is -0.140. The van der Waals surface area contributed by atoms with Gasteiger partial charge in [-0.2, -0.15) is 13.2 Å². The summed E-state index contributed by atoms with van der Waals surface area (Å²) in [5.41, 5.74) is 0.0721. The number of methoxy groups -OCH3 is 1. The van der Waals surface area contributed by atoms with Gasteiger partial charge in [-0.05, 0) is 12.5 Å². The molecule has 0 saturated carbocycles. The summed E-state index contributed by atoms with van der Waals surface area (Å²) >= 11 is 1.00. The Bertz CT molecular complexity index is 715. The van der Waals surface area contributed by atoms with E-state index in [2.05, 4.69) is 25.6 Å². The van der Waals surface area contributed by atoms with Crippen LogP contribution in [0.25, 0.3) is 0 Å². The van der Waals surface area contributed by atoms with E-state index in [1.165, 1.54) is 0 Å². The van der Waals surface area contributed by atoms with Gasteiger partial charge in [0.05, 0.1) is 18.7 Å². The Morgan fingerprint density at radius 3 is 2.69 bits per heavy atom. The Hall–Kier alpha value is -2.36. The molecule has 0 bridgehead atoms. The molecule has 2 aromatic heterocycles. The third-order valence-corrected chi connectivity index (χ3v) is 4.15. The van der Waals surface area contributed by atoms with Crippen molar-refractivity contribution in [3.63, 3.8) is 0 Å². The molecule has 2 heterocycles. The SMILES string of the molecule is CCNC(=NCc1ccc(OC)nc1)NCCc1nc(C(F)(F)F)cs1. The van der Waals surface area contributed by atoms with Crippen molar-refractivity contribution in [2.45, 2.75) is 26.1 Å². The maximum Gasteiger partial charge on any atom is 0.434 e. The molecule has 0 radical (unpaired) electrons. The van der Waals surface area contributed by atoms with Gasteiger partial charge in [-0.25, -0.2) is 15.0 Å². The second kappa shape index (κ2) is 9.37. The van der Waals surface area contributed by atoms with Crippen LogP contribution in [0.3, 0.4) is 0 Å². The van der Waals surface area contributed by atoms with Gasteiger partial charge in [0.2, 0.25) is 5.88 Å². The van der Waals surface area contributed by atoms with Crippen LogP contribution in [0, 0.1) is 0 Å². The Labute approximate surface area is 153 Å². The fourth-order valence-corrected chi connectivity index (χ4v) is 2.79. The quantitative estimate of drug-likeness (QED) is 0.565. The second-order valence-electron chi connectivity index (χ2n) is 5.20. The number of nitrogens with one attached hydrogen (secondary N) is 2. The monoisotopic (exact) mass is 387 g/mol. The van der Waals surface area contributed by atoms with Gasteiger partial charge >= 0.3 is 6.18 Å². The van der Waals surface area contributed by atoms with Gasteiger partial charge in [-0.3, -0.25) is 0 Å². The number of rotatable bonds is 7. The number of aliphatic imine (C=N–C) groups is 1. The fraction of sp³-hybridized carbons (Fsp3) is 0.438. The van der Waals surface area contributed by atoms with Crippen LogP contribution in [0.1, 0.15) is 23.2 Å². The maximum absolute atomic E-state index is 12.5. The van der Waals surface area contributed by atoms with E-state index in [1.807, 2.05) is 13.0 Å². The molecular weight excluding hydrogens is 367 g/mol. The van der Waals surface area contributed by atoms with Crippen LogP contribution in [-0.2, 0) is 19.1 Å². The van der Waals surface area contributed by atoms with Gasteiger partial charge in [0.25, 0.3) is 0 Å². The van der Waals surface area contributed by atoms with Crippen molar-refractivity contribution in [1.29, 1.82) is 0 Å². The van der Waals surface area contributed by atoms with Crippen LogP contribution in [0.5, 0.6) is 5.88 Å². The first-order valence-electron chi connectivity index (χ1n) is 7.95. The number of pyridine rings is 1. The van der Waals surface area contributed by atoms with E-state index in [-0.39, 0.29) is 0 Å². The standard InChI is InChI=1S/C16H20F3N5OS/c1-3-20-15(23-9-11-4-5-13(25-2)22-8-11)21-7-6-14-24-12(10-26-14)16(17,18)19/h4-5,8,10H,3,6-7,9H2,1-2H3,(H2,20,21,23). The number of ether oxygens (including phenoxy) is 1. The zero-order valence-electron chi connectivity index (χ0n) is 14.4. The van der Waals surface area contributed by atoms with Crippen molar-refractivity contribution in [1.82, 2.24) is 20.6 Å². The number of hydrogen-bond acceptors (Lipinski definition) is 5. The molecule has 142 valence electrons. The molecule has 0 aliphatic heterocycles. The number of thiazole rings is 1. The fourth-order valence-electron chi connectivity index (χ4n) is 1.98. The molecule has 0 amide bonds. The molecule has 0 unspecified atom stereocenters. The van der Waals surface area contributed by atoms with Gasteiger partial charge in [-0.1, -0.05) is 6.07 Å². The van der Waals surface area contributed by atoms with Crippen molar-refractivity contribution >= 4 is 17.3 Å². The summed E-state index contributed by atoms with van der Waals surface area (Å²) in [7, 11) is 1.55. The van der Waals surface area contributed by atoms with E-state index in [9.17, 15) is 13.2 Å². The lowest BCUT2D eigenvalue weighted by Gasteiger charge is -2.10. The van der Waals surface area contributed by atoms with Crippen molar-refractivity contribution in [2.24, 2.45) is 4.99 Å². The van der Waals surface area contributed by atoms with Crippen LogP contribution in [0.15, 0.2) is 28.7 Å². The molecule has 2 rings (SSSR count). The molecular formula is C16H20F3N5OS. The number of alkyl halides is 3. The summed E-state index contributed by atoms with van der Waals surface area (Å²) < 4.78 is 42.6. The minimum Gasteiger partial charge on any atom is -0.481 e. The van der Waals surface area contributed by atoms with Crippen molar-refractivity contribution < 1.29 is 17.9 Å². The highest BCUT2D eigenvalue weighted by atomic mass is 32.1. The van der Waals surface area contributed by atoms with Crippen LogP contribution in [0.4, 0.5) is 13.2 Å². The summed E-state index contributed by atoms with van der Waals surface area (Å²) in [4.78, 5) is 12.2. The summed E-state index contributed by atoms with van der Waals surface area (Å²) in [5.74, 6) is 1.11. The molecule has 0 aliphatic carbocycles. The first-order valence-corrected chi connectivity index (χ1v) is 8.83. The number of nitrogens with zero attached hydrogens (tertiary/aromatic N) is 3. The van der Waals surface area contributed by atoms with Gasteiger partial charge < -0.3 is 15.4 Å². The summed E-state index contributed by atoms with van der Waals surface area (Å²) in [6, 6.07) is 3.62. The highest BCUT2D eigenvalue weighted by Gasteiger charge is 2.33. The molecule has 0 aromatic carbocycles. The molecule has 2 N–H and O–H groups in total. The molecule has 0 spiro atoms. The van der Waals surface area contributed by atoms with Gasteiger partial charge in [0.1, 0.15) is 0 Å². The molecule has 0 fully saturated rings. The molecule has 0 saturated heterocycles. The molecule has 0 aliphatic rings. The third kappa shape index (κ3) is 6.17. The van der Waals surface area contributed by atoms with Crippen LogP contribution in [0.2, 0.25) is 0 Å². The molecule has 10 heteroatoms. The van der Waals surface area contributed by atoms with E-state index >= 15 is 0 Å². The minimum absolute atomic E-state index is 0.384. The number of hydrogen-bond donors (Lipinski definition) is 2. The highest BCUT2D eigenvalue weighted by molar-refractivity contribution is 7.09. The van der Waals surface area contributed by atoms with Gasteiger partial charge in [0, 0.05) is 37.2 Å². The maximum atomic E-state index is 12.5. The van der Waals surface area contributed by atoms with Crippen LogP contribution in [-0.4, -0.2) is 36.1 Å². The predicted octanol–water partition coefficient (Wildman–Crippen LogP) is 2.86. The molecule has 6 nitrogen and oxygen atoms in total. The van der Waals surface area contributed by atoms with Gasteiger partial charge in [0.15, 0.2) is 11.7 Å². The lowest BCUT2D eigenvalue weighted by atomic mass is 10.3. The summed E-state index contributed by atoms with van der Waals surface area (Å²) in [6.07, 6.45) is -2.33. The van der Waals surface area contributed by atoms with Crippen molar-refractivity contribution in [3.8, 4) is 5.88 Å². The number of halogens is 3. The normalized spacial score (nSPS) is 12.1. The van der Waals surface area contributed by atoms with E-state index in [0.29, 0.717) is 42.9 Å². The first kappa shape index (κ1) is 20.0. The third-order valence-electron chi connectivity index (χ3n) is 3.24. The summed E-state index contributed by atoms with van der Waals surface area (Å²) in [5, 5.41) is 7.64. The van der Waals surface area contributed by atoms with E-state index in [1.54, 1.807) is 19.4 Å². The lowest BCUT2D eigenvalue weighted by Crippen LogP contribution is -2.38. The van der Waals surface area contributed by atoms with E-state index < -0.39 is 11.9 Å². The first-order chi connectivity index (χ1) is 12.4. The Balaban J connectivity index is 1.87. The van der Waals surface area contributed by atoms with Crippen LogP contribution < -0.4 is 15.4 Å². The molecule has 26 heavy (non-hydrogen) atoms. The largest absolute Gasteiger partial charge is 0.481 e. The number of guanidine groups is 1. The average molecular weight is 387 g/mol.